The van der Waals surface area contributed by atoms with Crippen LogP contribution in [0, 0.1) is 5.92 Å². The van der Waals surface area contributed by atoms with E-state index in [-0.39, 0.29) is 0 Å². The first-order chi connectivity index (χ1) is 15.8. The lowest BCUT2D eigenvalue weighted by molar-refractivity contribution is 0.196. The number of piperidine rings is 1. The smallest absolute Gasteiger partial charge is 0.106 e. The molecule has 0 unspecified atom stereocenters. The first-order valence-electron chi connectivity index (χ1n) is 12.2. The third-order valence-corrected chi connectivity index (χ3v) is 7.89. The highest BCUT2D eigenvalue weighted by atomic mass is 32.2. The third kappa shape index (κ3) is 5.07. The van der Waals surface area contributed by atoms with Crippen molar-refractivity contribution in [1.82, 2.24) is 9.62 Å². The minimum atomic E-state index is 0.679. The maximum absolute atomic E-state index is 4.25. The Morgan fingerprint density at radius 2 is 1.69 bits per heavy atom. The number of rotatable bonds is 8. The van der Waals surface area contributed by atoms with E-state index in [9.17, 15) is 0 Å². The molecule has 32 heavy (non-hydrogen) atoms. The molecule has 0 spiro atoms. The molecule has 3 nitrogen and oxygen atoms in total. The van der Waals surface area contributed by atoms with Crippen LogP contribution in [0.1, 0.15) is 53.5 Å². The van der Waals surface area contributed by atoms with E-state index in [1.165, 1.54) is 86.8 Å². The predicted molar refractivity (Wildman–Crippen MR) is 138 cm³/mol. The number of anilines is 1. The maximum Gasteiger partial charge on any atom is 0.106 e. The number of fused-ring (bicyclic) bond motifs is 2. The van der Waals surface area contributed by atoms with Gasteiger partial charge in [0.15, 0.2) is 0 Å². The van der Waals surface area contributed by atoms with E-state index < -0.39 is 0 Å². The molecular formula is C28H35N3S. The van der Waals surface area contributed by atoms with E-state index in [1.54, 1.807) is 23.1 Å². The molecule has 0 aromatic heterocycles. The number of nitrogens with zero attached hydrogens (tertiary/aromatic N) is 1. The van der Waals surface area contributed by atoms with Gasteiger partial charge in [0.1, 0.15) is 5.82 Å². The highest BCUT2D eigenvalue weighted by Crippen LogP contribution is 2.39. The van der Waals surface area contributed by atoms with Crippen LogP contribution in [-0.2, 0) is 32.2 Å². The van der Waals surface area contributed by atoms with Gasteiger partial charge in [-0.15, -0.1) is 0 Å². The van der Waals surface area contributed by atoms with Crippen molar-refractivity contribution in [2.45, 2.75) is 57.9 Å². The topological polar surface area (TPSA) is 27.3 Å². The maximum atomic E-state index is 4.25. The molecule has 3 aliphatic rings. The quantitative estimate of drug-likeness (QED) is 0.472. The van der Waals surface area contributed by atoms with Crippen molar-refractivity contribution in [2.24, 2.45) is 5.92 Å². The molecule has 0 radical (unpaired) electrons. The van der Waals surface area contributed by atoms with E-state index >= 15 is 0 Å². The Hall–Kier alpha value is -2.17. The Balaban J connectivity index is 1.07. The highest BCUT2D eigenvalue weighted by molar-refractivity contribution is 8.00. The van der Waals surface area contributed by atoms with Gasteiger partial charge in [-0.05, 0) is 116 Å². The summed E-state index contributed by atoms with van der Waals surface area (Å²) in [4.78, 5) is 2.58. The van der Waals surface area contributed by atoms with Crippen LogP contribution in [-0.4, -0.2) is 18.0 Å². The summed E-state index contributed by atoms with van der Waals surface area (Å²) in [6.07, 6.45) is 12.3. The van der Waals surface area contributed by atoms with E-state index in [4.69, 9.17) is 0 Å². The van der Waals surface area contributed by atoms with Crippen LogP contribution in [0.25, 0.3) is 0 Å². The zero-order chi connectivity index (χ0) is 21.8. The molecule has 2 aromatic carbocycles. The number of hydrogen-bond acceptors (Lipinski definition) is 4. The summed E-state index contributed by atoms with van der Waals surface area (Å²) >= 11 is 1.64. The molecule has 0 bridgehead atoms. The number of allylic oxidation sites excluding steroid dienone is 1. The van der Waals surface area contributed by atoms with Gasteiger partial charge in [0, 0.05) is 12.2 Å². The first-order valence-corrected chi connectivity index (χ1v) is 13.1. The van der Waals surface area contributed by atoms with E-state index in [0.717, 1.165) is 12.4 Å². The summed E-state index contributed by atoms with van der Waals surface area (Å²) in [5.74, 6) is 1.57. The van der Waals surface area contributed by atoms with Gasteiger partial charge >= 0.3 is 0 Å². The summed E-state index contributed by atoms with van der Waals surface area (Å²) in [5, 5.41) is 5.86. The fourth-order valence-corrected chi connectivity index (χ4v) is 6.11. The average molecular weight is 446 g/mol. The van der Waals surface area contributed by atoms with Crippen molar-refractivity contribution in [3.8, 4) is 0 Å². The van der Waals surface area contributed by atoms with Crippen molar-refractivity contribution in [3.05, 3.63) is 88.1 Å². The molecular weight excluding hydrogens is 410 g/mol. The molecule has 2 N–H and O–H groups in total. The Morgan fingerprint density at radius 1 is 1.00 bits per heavy atom. The van der Waals surface area contributed by atoms with Gasteiger partial charge in [-0.2, -0.15) is 0 Å². The van der Waals surface area contributed by atoms with Gasteiger partial charge in [-0.3, -0.25) is 4.90 Å². The fourth-order valence-electron chi connectivity index (χ4n) is 5.54. The lowest BCUT2D eigenvalue weighted by Crippen LogP contribution is -2.32. The van der Waals surface area contributed by atoms with E-state index in [1.807, 2.05) is 0 Å². The normalized spacial score (nSPS) is 18.6. The summed E-state index contributed by atoms with van der Waals surface area (Å²) < 4.78 is 3.41. The largest absolute Gasteiger partial charge is 0.341 e. The van der Waals surface area contributed by atoms with Gasteiger partial charge < -0.3 is 10.0 Å². The molecule has 2 aromatic rings. The van der Waals surface area contributed by atoms with Gasteiger partial charge in [0.2, 0.25) is 0 Å². The van der Waals surface area contributed by atoms with Gasteiger partial charge in [-0.1, -0.05) is 49.1 Å². The molecule has 0 atom stereocenters. The van der Waals surface area contributed by atoms with Crippen LogP contribution in [0.5, 0.6) is 0 Å². The lowest BCUT2D eigenvalue weighted by Gasteiger charge is -2.30. The molecule has 0 saturated carbocycles. The molecule has 168 valence electrons. The van der Waals surface area contributed by atoms with Crippen LogP contribution < -0.4 is 10.0 Å². The molecule has 1 aliphatic heterocycles. The fraction of sp³-hybridized carbons (Fsp3) is 0.429. The molecule has 2 aliphatic carbocycles. The van der Waals surface area contributed by atoms with Crippen molar-refractivity contribution in [1.29, 1.82) is 0 Å². The lowest BCUT2D eigenvalue weighted by atomic mass is 9.97. The van der Waals surface area contributed by atoms with Crippen LogP contribution in [0.4, 0.5) is 5.69 Å². The average Bonchev–Trinajstić information content (AvgIpc) is 3.48. The highest BCUT2D eigenvalue weighted by Gasteiger charge is 2.24. The van der Waals surface area contributed by atoms with Crippen molar-refractivity contribution in [3.63, 3.8) is 0 Å². The number of aryl methyl sites for hydroxylation is 2. The van der Waals surface area contributed by atoms with Crippen molar-refractivity contribution >= 4 is 17.6 Å². The van der Waals surface area contributed by atoms with Crippen LogP contribution >= 0.6 is 11.9 Å². The predicted octanol–water partition coefficient (Wildman–Crippen LogP) is 6.21. The van der Waals surface area contributed by atoms with Gasteiger partial charge in [0.25, 0.3) is 0 Å². The molecule has 1 heterocycles. The Kier molecular flexibility index (Phi) is 6.89. The van der Waals surface area contributed by atoms with E-state index in [0.29, 0.717) is 5.92 Å². The Morgan fingerprint density at radius 3 is 2.38 bits per heavy atom. The Bertz CT molecular complexity index is 942. The standard InChI is InChI=1S/C28H35N3S/c1-21(29-28-26-11-5-9-24(26)19-25-10-6-12-27(25)28)30-32-18-15-22-13-16-31(17-14-22)20-23-7-3-2-4-8-23/h2-4,7-8,15,18-19,22,29-30H,1,5-6,9-14,16-17,20H2/b18-15+. The monoisotopic (exact) mass is 445 g/mol. The summed E-state index contributed by atoms with van der Waals surface area (Å²) in [7, 11) is 0. The SMILES string of the molecule is C=C(NS/C=C/C1CCN(Cc2ccccc2)CC1)Nc1c2c(cc3c1CCC3)CCC2. The molecule has 0 amide bonds. The number of nitrogens with one attached hydrogen (secondary N) is 2. The van der Waals surface area contributed by atoms with Crippen molar-refractivity contribution in [2.75, 3.05) is 18.4 Å². The molecule has 1 fully saturated rings. The molecule has 4 heteroatoms. The minimum absolute atomic E-state index is 0.679. The van der Waals surface area contributed by atoms with E-state index in [2.05, 4.69) is 69.4 Å². The zero-order valence-electron chi connectivity index (χ0n) is 19.0. The number of hydrogen-bond donors (Lipinski definition) is 2. The second kappa shape index (κ2) is 10.2. The number of likely N-dealkylation sites (tertiary alicyclic amines) is 1. The number of benzene rings is 2. The second-order valence-corrected chi connectivity index (χ2v) is 10.2. The third-order valence-electron chi connectivity index (χ3n) is 7.23. The summed E-state index contributed by atoms with van der Waals surface area (Å²) in [6.45, 7) is 7.69. The minimum Gasteiger partial charge on any atom is -0.341 e. The van der Waals surface area contributed by atoms with Crippen LogP contribution in [0.15, 0.2) is 60.3 Å². The summed E-state index contributed by atoms with van der Waals surface area (Å²) in [5.41, 5.74) is 8.98. The Labute approximate surface area is 197 Å². The van der Waals surface area contributed by atoms with Gasteiger partial charge in [-0.25, -0.2) is 0 Å². The summed E-state index contributed by atoms with van der Waals surface area (Å²) in [6, 6.07) is 13.3. The first kappa shape index (κ1) is 21.7. The molecule has 5 rings (SSSR count). The van der Waals surface area contributed by atoms with Crippen molar-refractivity contribution < 1.29 is 0 Å². The molecule has 1 saturated heterocycles. The van der Waals surface area contributed by atoms with Gasteiger partial charge in [0.05, 0.1) is 0 Å². The van der Waals surface area contributed by atoms with Crippen LogP contribution in [0.2, 0.25) is 0 Å². The second-order valence-electron chi connectivity index (χ2n) is 9.49. The van der Waals surface area contributed by atoms with Crippen LogP contribution in [0.3, 0.4) is 0 Å². The zero-order valence-corrected chi connectivity index (χ0v) is 19.9.